The van der Waals surface area contributed by atoms with E-state index in [1.807, 2.05) is 11.0 Å². The lowest BCUT2D eigenvalue weighted by Crippen LogP contribution is -2.54. The Bertz CT molecular complexity index is 1100. The number of piperidine rings is 1. The summed E-state index contributed by atoms with van der Waals surface area (Å²) in [6.45, 7) is 8.71. The van der Waals surface area contributed by atoms with Crippen LogP contribution in [-0.2, 0) is 20.7 Å². The van der Waals surface area contributed by atoms with Gasteiger partial charge in [-0.15, -0.1) is 0 Å². The number of nitrogens with one attached hydrogen (secondary N) is 3. The first-order valence-electron chi connectivity index (χ1n) is 13.4. The predicted molar refractivity (Wildman–Crippen MR) is 140 cm³/mol. The van der Waals surface area contributed by atoms with Gasteiger partial charge in [-0.05, 0) is 70.1 Å². The molecule has 0 aliphatic carbocycles. The Balaban J connectivity index is 1.49. The van der Waals surface area contributed by atoms with Crippen LogP contribution in [0, 0.1) is 12.3 Å². The second kappa shape index (κ2) is 11.5. The molecule has 36 heavy (non-hydrogen) atoms. The molecule has 0 bridgehead atoms. The van der Waals surface area contributed by atoms with Crippen molar-refractivity contribution in [3.8, 4) is 0 Å². The minimum absolute atomic E-state index is 0.00185. The average molecular weight is 497 g/mol. The van der Waals surface area contributed by atoms with Crippen LogP contribution in [0.5, 0.6) is 0 Å². The maximum Gasteiger partial charge on any atom is 0.270 e. The van der Waals surface area contributed by atoms with Crippen LogP contribution in [-0.4, -0.2) is 66.5 Å². The maximum absolute atomic E-state index is 13.6. The summed E-state index contributed by atoms with van der Waals surface area (Å²) >= 11 is 0. The van der Waals surface area contributed by atoms with Gasteiger partial charge in [-0.3, -0.25) is 14.4 Å². The van der Waals surface area contributed by atoms with E-state index in [9.17, 15) is 14.4 Å². The van der Waals surface area contributed by atoms with E-state index in [-0.39, 0.29) is 17.7 Å². The van der Waals surface area contributed by atoms with Crippen molar-refractivity contribution in [3.63, 3.8) is 0 Å². The SMILES string of the molecule is CCc1c(C(=O)N2CCC3(CCCCOCCCNC(=O)[C@H](C)NC3=O)CC2)[nH]c2ccc(C)cc12. The largest absolute Gasteiger partial charge is 0.381 e. The fourth-order valence-electron chi connectivity index (χ4n) is 5.52. The number of aromatic amines is 1. The number of nitrogens with zero attached hydrogens (tertiary/aromatic N) is 1. The minimum Gasteiger partial charge on any atom is -0.381 e. The Labute approximate surface area is 213 Å². The van der Waals surface area contributed by atoms with Crippen LogP contribution in [0.25, 0.3) is 10.9 Å². The third kappa shape index (κ3) is 5.59. The molecule has 3 amide bonds. The van der Waals surface area contributed by atoms with E-state index >= 15 is 0 Å². The van der Waals surface area contributed by atoms with Gasteiger partial charge in [-0.2, -0.15) is 0 Å². The molecule has 2 aliphatic heterocycles. The standard InChI is InChI=1S/C28H40N4O4/c1-4-21-22-18-19(2)8-9-23(22)31-24(21)26(34)32-14-11-28(12-15-32)10-5-6-16-36-17-7-13-29-25(33)20(3)30-27(28)35/h8-9,18,20,31H,4-7,10-17H2,1-3H3,(H,29,33)(H,30,35)/t20-/m0/s1. The van der Waals surface area contributed by atoms with E-state index in [2.05, 4.69) is 41.6 Å². The third-order valence-corrected chi connectivity index (χ3v) is 7.82. The number of carbonyl (C=O) groups is 3. The van der Waals surface area contributed by atoms with Crippen LogP contribution in [0.15, 0.2) is 18.2 Å². The monoisotopic (exact) mass is 496 g/mol. The lowest BCUT2D eigenvalue weighted by Gasteiger charge is -2.41. The molecular formula is C28H40N4O4. The number of likely N-dealkylation sites (tertiary alicyclic amines) is 1. The van der Waals surface area contributed by atoms with E-state index in [4.69, 9.17) is 4.74 Å². The van der Waals surface area contributed by atoms with Gasteiger partial charge in [0, 0.05) is 43.8 Å². The van der Waals surface area contributed by atoms with Gasteiger partial charge in [-0.25, -0.2) is 0 Å². The molecule has 4 rings (SSSR count). The van der Waals surface area contributed by atoms with Crippen LogP contribution in [0.1, 0.15) is 74.0 Å². The summed E-state index contributed by atoms with van der Waals surface area (Å²) in [5.41, 5.74) is 3.28. The second-order valence-electron chi connectivity index (χ2n) is 10.4. The molecule has 8 heteroatoms. The number of fused-ring (bicyclic) bond motifs is 1. The molecule has 1 atom stereocenters. The molecule has 3 heterocycles. The van der Waals surface area contributed by atoms with Gasteiger partial charge in [0.15, 0.2) is 0 Å². The van der Waals surface area contributed by atoms with E-state index in [0.29, 0.717) is 51.4 Å². The van der Waals surface area contributed by atoms with Crippen LogP contribution < -0.4 is 10.6 Å². The van der Waals surface area contributed by atoms with Gasteiger partial charge >= 0.3 is 0 Å². The normalized spacial score (nSPS) is 22.2. The van der Waals surface area contributed by atoms with Gasteiger partial charge in [-0.1, -0.05) is 25.0 Å². The maximum atomic E-state index is 13.6. The van der Waals surface area contributed by atoms with Gasteiger partial charge in [0.1, 0.15) is 11.7 Å². The number of aryl methyl sites for hydroxylation is 2. The van der Waals surface area contributed by atoms with Crippen LogP contribution in [0.4, 0.5) is 0 Å². The molecule has 2 aliphatic rings. The van der Waals surface area contributed by atoms with Crippen molar-refractivity contribution in [1.82, 2.24) is 20.5 Å². The van der Waals surface area contributed by atoms with Gasteiger partial charge < -0.3 is 25.3 Å². The number of H-pyrrole nitrogens is 1. The molecule has 0 radical (unpaired) electrons. The number of ether oxygens (including phenoxy) is 1. The second-order valence-corrected chi connectivity index (χ2v) is 10.4. The molecule has 1 aromatic heterocycles. The fraction of sp³-hybridized carbons (Fsp3) is 0.607. The quantitative estimate of drug-likeness (QED) is 0.592. The van der Waals surface area contributed by atoms with Crippen LogP contribution in [0.3, 0.4) is 0 Å². The summed E-state index contributed by atoms with van der Waals surface area (Å²) in [6.07, 6.45) is 5.20. The molecule has 196 valence electrons. The van der Waals surface area contributed by atoms with Crippen LogP contribution in [0.2, 0.25) is 0 Å². The molecule has 1 spiro atoms. The Morgan fingerprint density at radius 1 is 1.11 bits per heavy atom. The molecule has 8 nitrogen and oxygen atoms in total. The summed E-state index contributed by atoms with van der Waals surface area (Å²) in [6, 6.07) is 5.62. The molecule has 1 aromatic carbocycles. The van der Waals surface area contributed by atoms with Crippen molar-refractivity contribution < 1.29 is 19.1 Å². The number of hydrogen-bond donors (Lipinski definition) is 3. The van der Waals surface area contributed by atoms with E-state index in [1.54, 1.807) is 6.92 Å². The summed E-state index contributed by atoms with van der Waals surface area (Å²) in [7, 11) is 0. The van der Waals surface area contributed by atoms with Crippen molar-refractivity contribution in [2.24, 2.45) is 5.41 Å². The zero-order chi connectivity index (χ0) is 25.7. The van der Waals surface area contributed by atoms with E-state index in [1.165, 1.54) is 5.56 Å². The molecule has 0 saturated carbocycles. The van der Waals surface area contributed by atoms with Crippen molar-refractivity contribution >= 4 is 28.6 Å². The zero-order valence-corrected chi connectivity index (χ0v) is 21.9. The van der Waals surface area contributed by atoms with Crippen molar-refractivity contribution in [3.05, 3.63) is 35.0 Å². The number of benzene rings is 1. The lowest BCUT2D eigenvalue weighted by molar-refractivity contribution is -0.137. The highest BCUT2D eigenvalue weighted by atomic mass is 16.5. The molecule has 2 fully saturated rings. The highest BCUT2D eigenvalue weighted by molar-refractivity contribution is 6.01. The zero-order valence-electron chi connectivity index (χ0n) is 21.9. The Morgan fingerprint density at radius 3 is 2.61 bits per heavy atom. The van der Waals surface area contributed by atoms with Crippen LogP contribution >= 0.6 is 0 Å². The first-order valence-corrected chi connectivity index (χ1v) is 13.4. The Morgan fingerprint density at radius 2 is 1.86 bits per heavy atom. The van der Waals surface area contributed by atoms with Crippen molar-refractivity contribution in [2.45, 2.75) is 71.8 Å². The van der Waals surface area contributed by atoms with E-state index in [0.717, 1.165) is 48.6 Å². The molecule has 3 N–H and O–H groups in total. The number of aromatic nitrogens is 1. The smallest absolute Gasteiger partial charge is 0.270 e. The Hall–Kier alpha value is -2.87. The first-order chi connectivity index (χ1) is 17.3. The topological polar surface area (TPSA) is 104 Å². The fourth-order valence-corrected chi connectivity index (χ4v) is 5.52. The predicted octanol–water partition coefficient (Wildman–Crippen LogP) is 3.47. The molecular weight excluding hydrogens is 456 g/mol. The minimum atomic E-state index is -0.597. The lowest BCUT2D eigenvalue weighted by atomic mass is 9.73. The number of carbonyl (C=O) groups excluding carboxylic acids is 3. The third-order valence-electron chi connectivity index (χ3n) is 7.82. The van der Waals surface area contributed by atoms with Crippen molar-refractivity contribution in [2.75, 3.05) is 32.8 Å². The van der Waals surface area contributed by atoms with E-state index < -0.39 is 11.5 Å². The summed E-state index contributed by atoms with van der Waals surface area (Å²) in [5, 5.41) is 6.95. The average Bonchev–Trinajstić information content (AvgIpc) is 3.24. The molecule has 0 unspecified atom stereocenters. The first kappa shape index (κ1) is 26.2. The highest BCUT2D eigenvalue weighted by Gasteiger charge is 2.43. The number of hydrogen-bond acceptors (Lipinski definition) is 4. The van der Waals surface area contributed by atoms with Gasteiger partial charge in [0.05, 0.1) is 5.41 Å². The number of rotatable bonds is 2. The highest BCUT2D eigenvalue weighted by Crippen LogP contribution is 2.38. The summed E-state index contributed by atoms with van der Waals surface area (Å²) < 4.78 is 5.69. The Kier molecular flexibility index (Phi) is 8.34. The van der Waals surface area contributed by atoms with Crippen molar-refractivity contribution in [1.29, 1.82) is 0 Å². The molecule has 2 saturated heterocycles. The van der Waals surface area contributed by atoms with Gasteiger partial charge in [0.2, 0.25) is 11.8 Å². The van der Waals surface area contributed by atoms with Gasteiger partial charge in [0.25, 0.3) is 5.91 Å². The summed E-state index contributed by atoms with van der Waals surface area (Å²) in [4.78, 5) is 44.7. The number of amides is 3. The molecule has 2 aromatic rings. The summed E-state index contributed by atoms with van der Waals surface area (Å²) in [5.74, 6) is -0.257.